The van der Waals surface area contributed by atoms with Crippen molar-refractivity contribution >= 4 is 43.1 Å². The monoisotopic (exact) mass is 1030 g/mol. The Morgan fingerprint density at radius 1 is 0.611 bits per heavy atom. The molecule has 6 aromatic rings. The molecule has 0 bridgehead atoms. The summed E-state index contributed by atoms with van der Waals surface area (Å²) in [6.07, 6.45) is 11.3. The lowest BCUT2D eigenvalue weighted by atomic mass is 9.91. The first kappa shape index (κ1) is 52.7. The molecule has 380 valence electrons. The SMILES string of the molecule is C[C@@H](C(=O)Nc1ccc(Oc2ccc(F)cc2)cn1)N1CCC[C@@H](c2c[nH]c(=O)c(S(C)(=O)=O)c2)C1.C[C@H](C(=O)Nc1ccc(Oc2ccc(F)cc2)cn1)N1CCC[C@H](c2c[nH]c(=O)c(S(C)(=O)=O)c2)C1. The van der Waals surface area contributed by atoms with E-state index in [9.17, 15) is 44.8 Å². The Bertz CT molecular complexity index is 3000. The summed E-state index contributed by atoms with van der Waals surface area (Å²) >= 11 is 0. The molecule has 2 fully saturated rings. The number of nitrogens with one attached hydrogen (secondary N) is 4. The van der Waals surface area contributed by atoms with E-state index in [1.54, 1.807) is 50.5 Å². The maximum absolute atomic E-state index is 13.0. The summed E-state index contributed by atoms with van der Waals surface area (Å²) in [5.74, 6) is 1.35. The summed E-state index contributed by atoms with van der Waals surface area (Å²) in [6.45, 7) is 6.12. The van der Waals surface area contributed by atoms with E-state index in [1.807, 2.05) is 9.80 Å². The lowest BCUT2D eigenvalue weighted by Crippen LogP contribution is -2.46. The van der Waals surface area contributed by atoms with Crippen LogP contribution in [0.1, 0.15) is 62.5 Å². The number of pyridine rings is 4. The van der Waals surface area contributed by atoms with Gasteiger partial charge in [-0.15, -0.1) is 0 Å². The Hall–Kier alpha value is -7.14. The number of carbonyl (C=O) groups excluding carboxylic acids is 2. The molecule has 0 radical (unpaired) electrons. The second kappa shape index (κ2) is 22.9. The van der Waals surface area contributed by atoms with E-state index < -0.39 is 42.9 Å². The summed E-state index contributed by atoms with van der Waals surface area (Å²) in [4.78, 5) is 66.7. The maximum atomic E-state index is 13.0. The molecular weight excluding hydrogens is 975 g/mol. The molecule has 2 aliphatic heterocycles. The van der Waals surface area contributed by atoms with Gasteiger partial charge in [0.15, 0.2) is 19.7 Å². The summed E-state index contributed by atoms with van der Waals surface area (Å²) in [6, 6.07) is 19.7. The lowest BCUT2D eigenvalue weighted by molar-refractivity contribution is -0.122. The van der Waals surface area contributed by atoms with E-state index >= 15 is 0 Å². The number of nitrogens with zero attached hydrogens (tertiary/aromatic N) is 4. The van der Waals surface area contributed by atoms with Gasteiger partial charge in [-0.25, -0.2) is 35.6 Å². The minimum absolute atomic E-state index is 0.0210. The van der Waals surface area contributed by atoms with Crippen LogP contribution in [0.4, 0.5) is 20.4 Å². The molecule has 2 amide bonds. The van der Waals surface area contributed by atoms with Crippen molar-refractivity contribution < 1.29 is 44.7 Å². The number of amides is 2. The number of H-pyrrole nitrogens is 2. The van der Waals surface area contributed by atoms with Gasteiger partial charge in [0.2, 0.25) is 11.8 Å². The fourth-order valence-corrected chi connectivity index (χ4v) is 9.83. The number of halogens is 2. The van der Waals surface area contributed by atoms with Crippen LogP contribution in [-0.2, 0) is 29.3 Å². The zero-order valence-corrected chi connectivity index (χ0v) is 41.4. The number of hydrogen-bond acceptors (Lipinski definition) is 14. The molecule has 22 heteroatoms. The molecule has 8 rings (SSSR count). The van der Waals surface area contributed by atoms with E-state index in [0.29, 0.717) is 60.8 Å². The number of benzene rings is 2. The number of ether oxygens (including phenoxy) is 2. The molecule has 0 aliphatic carbocycles. The number of anilines is 2. The molecule has 0 unspecified atom stereocenters. The zero-order valence-electron chi connectivity index (χ0n) is 39.8. The van der Waals surface area contributed by atoms with Gasteiger partial charge in [0.25, 0.3) is 11.1 Å². The van der Waals surface area contributed by atoms with Crippen LogP contribution in [0.2, 0.25) is 0 Å². The highest BCUT2D eigenvalue weighted by atomic mass is 32.2. The Balaban J connectivity index is 0.000000211. The maximum Gasteiger partial charge on any atom is 0.266 e. The van der Waals surface area contributed by atoms with Gasteiger partial charge < -0.3 is 30.1 Å². The highest BCUT2D eigenvalue weighted by Gasteiger charge is 2.31. The van der Waals surface area contributed by atoms with Crippen molar-refractivity contribution in [1.82, 2.24) is 29.7 Å². The largest absolute Gasteiger partial charge is 0.456 e. The second-order valence-electron chi connectivity index (χ2n) is 17.7. The van der Waals surface area contributed by atoms with Crippen LogP contribution in [0.15, 0.2) is 129 Å². The molecule has 2 saturated heterocycles. The van der Waals surface area contributed by atoms with Gasteiger partial charge in [-0.2, -0.15) is 0 Å². The molecule has 2 aromatic carbocycles. The van der Waals surface area contributed by atoms with Crippen molar-refractivity contribution in [3.63, 3.8) is 0 Å². The first-order chi connectivity index (χ1) is 34.2. The fraction of sp³-hybridized carbons (Fsp3) is 0.320. The standard InChI is InChI=1S/2C25H27FN4O5S/c2*1-16(24(31)29-23-10-9-21(14-27-23)35-20-7-5-19(26)6-8-20)30-11-3-4-17(15-30)18-12-22(36(2,33)34)25(32)28-13-18/h2*5-10,12-14,16-17H,3-4,11,15H2,1-2H3,(H,28,32)(H,27,29,31)/t2*16-,17+/m10/s1. The van der Waals surface area contributed by atoms with Gasteiger partial charge in [-0.1, -0.05) is 0 Å². The highest BCUT2D eigenvalue weighted by molar-refractivity contribution is 7.91. The minimum atomic E-state index is -3.65. The third-order valence-electron chi connectivity index (χ3n) is 12.4. The number of carbonyl (C=O) groups is 2. The number of hydrogen-bond donors (Lipinski definition) is 4. The average molecular weight is 1030 g/mol. The Kier molecular flexibility index (Phi) is 16.8. The molecule has 0 saturated carbocycles. The predicted molar refractivity (Wildman–Crippen MR) is 265 cm³/mol. The highest BCUT2D eigenvalue weighted by Crippen LogP contribution is 2.31. The van der Waals surface area contributed by atoms with E-state index in [1.165, 1.54) is 73.1 Å². The van der Waals surface area contributed by atoms with E-state index in [4.69, 9.17) is 9.47 Å². The van der Waals surface area contributed by atoms with Crippen molar-refractivity contribution in [2.75, 3.05) is 49.3 Å². The topological polar surface area (TPSA) is 243 Å². The van der Waals surface area contributed by atoms with Gasteiger partial charge in [0.05, 0.1) is 24.5 Å². The smallest absolute Gasteiger partial charge is 0.266 e. The first-order valence-electron chi connectivity index (χ1n) is 22.9. The number of rotatable bonds is 14. The predicted octanol–water partition coefficient (Wildman–Crippen LogP) is 6.62. The van der Waals surface area contributed by atoms with Crippen LogP contribution < -0.4 is 31.2 Å². The van der Waals surface area contributed by atoms with Crippen LogP contribution in [0, 0.1) is 11.6 Å². The van der Waals surface area contributed by atoms with Crippen molar-refractivity contribution in [3.05, 3.63) is 153 Å². The normalized spacial score (nSPS) is 17.4. The number of sulfone groups is 2. The lowest BCUT2D eigenvalue weighted by Gasteiger charge is -2.36. The van der Waals surface area contributed by atoms with Crippen LogP contribution in [0.3, 0.4) is 0 Å². The number of piperidine rings is 2. The van der Waals surface area contributed by atoms with Crippen molar-refractivity contribution in [2.45, 2.75) is 73.2 Å². The van der Waals surface area contributed by atoms with Crippen LogP contribution >= 0.6 is 0 Å². The van der Waals surface area contributed by atoms with Gasteiger partial charge in [0, 0.05) is 38.0 Å². The Labute approximate surface area is 414 Å². The van der Waals surface area contributed by atoms with E-state index in [-0.39, 0.29) is 45.1 Å². The molecule has 0 spiro atoms. The summed E-state index contributed by atoms with van der Waals surface area (Å²) in [5, 5.41) is 5.61. The molecule has 72 heavy (non-hydrogen) atoms. The van der Waals surface area contributed by atoms with Crippen LogP contribution in [0.25, 0.3) is 0 Å². The number of aromatic nitrogens is 4. The summed E-state index contributed by atoms with van der Waals surface area (Å²) < 4.78 is 85.1. The summed E-state index contributed by atoms with van der Waals surface area (Å²) in [7, 11) is -7.30. The second-order valence-corrected chi connectivity index (χ2v) is 21.6. The molecule has 4 atom stereocenters. The quantitative estimate of drug-likeness (QED) is 0.0896. The van der Waals surface area contributed by atoms with Gasteiger partial charge in [-0.3, -0.25) is 29.0 Å². The number of aromatic amines is 2. The van der Waals surface area contributed by atoms with Gasteiger partial charge in [-0.05, 0) is 161 Å². The van der Waals surface area contributed by atoms with E-state index in [0.717, 1.165) is 49.3 Å². The third kappa shape index (κ3) is 14.0. The average Bonchev–Trinajstić information content (AvgIpc) is 3.36. The molecule has 2 aliphatic rings. The molecule has 18 nitrogen and oxygen atoms in total. The molecule has 4 N–H and O–H groups in total. The number of likely N-dealkylation sites (tertiary alicyclic amines) is 2. The van der Waals surface area contributed by atoms with E-state index in [2.05, 4.69) is 30.6 Å². The molecular formula is C50H54F2N8O10S2. The minimum Gasteiger partial charge on any atom is -0.456 e. The molecule has 6 heterocycles. The Morgan fingerprint density at radius 2 is 0.972 bits per heavy atom. The molecule has 4 aromatic heterocycles. The van der Waals surface area contributed by atoms with Crippen molar-refractivity contribution in [3.8, 4) is 23.0 Å². The third-order valence-corrected chi connectivity index (χ3v) is 14.6. The van der Waals surface area contributed by atoms with Crippen LogP contribution in [0.5, 0.6) is 23.0 Å². The fourth-order valence-electron chi connectivity index (χ4n) is 8.34. The van der Waals surface area contributed by atoms with Gasteiger partial charge in [0.1, 0.15) is 56.1 Å². The van der Waals surface area contributed by atoms with Crippen LogP contribution in [-0.4, -0.2) is 109 Å². The Morgan fingerprint density at radius 3 is 1.31 bits per heavy atom. The zero-order chi connectivity index (χ0) is 51.7. The van der Waals surface area contributed by atoms with Crippen molar-refractivity contribution in [2.24, 2.45) is 0 Å². The van der Waals surface area contributed by atoms with Crippen molar-refractivity contribution in [1.29, 1.82) is 0 Å². The van der Waals surface area contributed by atoms with Gasteiger partial charge >= 0.3 is 0 Å². The first-order valence-corrected chi connectivity index (χ1v) is 26.7. The summed E-state index contributed by atoms with van der Waals surface area (Å²) in [5.41, 5.74) is 0.183.